The van der Waals surface area contributed by atoms with E-state index in [4.69, 9.17) is 4.74 Å². The monoisotopic (exact) mass is 437 g/mol. The molecule has 2 aromatic heterocycles. The number of hydrogen-bond acceptors (Lipinski definition) is 6. The van der Waals surface area contributed by atoms with Crippen LogP contribution in [0.25, 0.3) is 17.1 Å². The molecule has 31 heavy (non-hydrogen) atoms. The highest BCUT2D eigenvalue weighted by Gasteiger charge is 2.22. The summed E-state index contributed by atoms with van der Waals surface area (Å²) in [5.74, 6) is 2.73. The number of carbonyl (C=O) groups is 1. The van der Waals surface area contributed by atoms with Crippen LogP contribution in [0, 0.1) is 5.92 Å². The van der Waals surface area contributed by atoms with E-state index in [-0.39, 0.29) is 5.91 Å². The largest absolute Gasteiger partial charge is 0.494 e. The Bertz CT molecular complexity index is 999. The fraction of sp³-hybridized carbons (Fsp3) is 0.391. The molecule has 0 unspecified atom stereocenters. The maximum atomic E-state index is 12.7. The van der Waals surface area contributed by atoms with Crippen LogP contribution in [0.15, 0.2) is 53.9 Å². The van der Waals surface area contributed by atoms with Crippen molar-refractivity contribution >= 4 is 17.7 Å². The van der Waals surface area contributed by atoms with Crippen molar-refractivity contribution in [3.05, 3.63) is 48.8 Å². The Kier molecular flexibility index (Phi) is 6.86. The van der Waals surface area contributed by atoms with E-state index in [1.54, 1.807) is 12.4 Å². The molecule has 1 amide bonds. The number of thioether (sulfide) groups is 1. The van der Waals surface area contributed by atoms with Crippen LogP contribution in [0.3, 0.4) is 0 Å². The first kappa shape index (κ1) is 21.4. The number of aromatic nitrogens is 4. The smallest absolute Gasteiger partial charge is 0.233 e. The van der Waals surface area contributed by atoms with Crippen molar-refractivity contribution in [1.29, 1.82) is 0 Å². The second-order valence-electron chi connectivity index (χ2n) is 7.66. The predicted molar refractivity (Wildman–Crippen MR) is 121 cm³/mol. The van der Waals surface area contributed by atoms with Crippen molar-refractivity contribution in [3.8, 4) is 22.8 Å². The molecule has 1 fully saturated rings. The lowest BCUT2D eigenvalue weighted by atomic mass is 9.99. The molecule has 0 saturated carbocycles. The third kappa shape index (κ3) is 5.07. The SMILES string of the molecule is CCOc1ccc(-n2c(SCC(=O)N3CCC(C)CC3)nnc2-c2ccncc2)cc1. The topological polar surface area (TPSA) is 73.1 Å². The van der Waals surface area contributed by atoms with Gasteiger partial charge in [-0.25, -0.2) is 0 Å². The van der Waals surface area contributed by atoms with Gasteiger partial charge in [-0.05, 0) is 62.1 Å². The van der Waals surface area contributed by atoms with Gasteiger partial charge in [0.1, 0.15) is 5.75 Å². The number of nitrogens with zero attached hydrogens (tertiary/aromatic N) is 5. The van der Waals surface area contributed by atoms with Crippen LogP contribution in [0.4, 0.5) is 0 Å². The Morgan fingerprint density at radius 2 is 1.81 bits per heavy atom. The van der Waals surface area contributed by atoms with Crippen LogP contribution in [0.2, 0.25) is 0 Å². The number of pyridine rings is 1. The van der Waals surface area contributed by atoms with Gasteiger partial charge in [-0.3, -0.25) is 14.3 Å². The second kappa shape index (κ2) is 9.96. The van der Waals surface area contributed by atoms with Crippen molar-refractivity contribution in [2.75, 3.05) is 25.4 Å². The number of piperidine rings is 1. The quantitative estimate of drug-likeness (QED) is 0.519. The molecule has 3 heterocycles. The molecule has 162 valence electrons. The first-order chi connectivity index (χ1) is 15.2. The summed E-state index contributed by atoms with van der Waals surface area (Å²) in [6.07, 6.45) is 5.62. The Morgan fingerprint density at radius 3 is 2.48 bits per heavy atom. The lowest BCUT2D eigenvalue weighted by molar-refractivity contribution is -0.129. The molecule has 1 aliphatic heterocycles. The van der Waals surface area contributed by atoms with Gasteiger partial charge in [0, 0.05) is 36.7 Å². The van der Waals surface area contributed by atoms with Gasteiger partial charge in [0.05, 0.1) is 12.4 Å². The van der Waals surface area contributed by atoms with E-state index in [0.29, 0.717) is 29.3 Å². The maximum Gasteiger partial charge on any atom is 0.233 e. The summed E-state index contributed by atoms with van der Waals surface area (Å²) >= 11 is 1.43. The van der Waals surface area contributed by atoms with Crippen molar-refractivity contribution in [2.45, 2.75) is 31.8 Å². The first-order valence-electron chi connectivity index (χ1n) is 10.7. The van der Waals surface area contributed by atoms with Gasteiger partial charge in [0.2, 0.25) is 5.91 Å². The average molecular weight is 438 g/mol. The van der Waals surface area contributed by atoms with Crippen LogP contribution < -0.4 is 4.74 Å². The molecule has 7 nitrogen and oxygen atoms in total. The summed E-state index contributed by atoms with van der Waals surface area (Å²) in [6, 6.07) is 11.6. The third-order valence-electron chi connectivity index (χ3n) is 5.44. The molecule has 0 radical (unpaired) electrons. The number of benzene rings is 1. The zero-order chi connectivity index (χ0) is 21.6. The summed E-state index contributed by atoms with van der Waals surface area (Å²) in [5, 5.41) is 9.53. The highest BCUT2D eigenvalue weighted by Crippen LogP contribution is 2.29. The molecule has 0 bridgehead atoms. The lowest BCUT2D eigenvalue weighted by Crippen LogP contribution is -2.38. The minimum absolute atomic E-state index is 0.156. The Hall–Kier alpha value is -2.87. The zero-order valence-electron chi connectivity index (χ0n) is 17.9. The fourth-order valence-electron chi connectivity index (χ4n) is 3.62. The standard InChI is InChI=1S/C23H27N5O2S/c1-3-30-20-6-4-19(5-7-20)28-22(18-8-12-24-13-9-18)25-26-23(28)31-16-21(29)27-14-10-17(2)11-15-27/h4-9,12-13,17H,3,10-11,14-16H2,1-2H3. The molecule has 0 aliphatic carbocycles. The summed E-state index contributed by atoms with van der Waals surface area (Å²) in [4.78, 5) is 18.8. The van der Waals surface area contributed by atoms with Crippen molar-refractivity contribution in [3.63, 3.8) is 0 Å². The Labute approximate surface area is 186 Å². The van der Waals surface area contributed by atoms with Crippen molar-refractivity contribution in [2.24, 2.45) is 5.92 Å². The van der Waals surface area contributed by atoms with Crippen LogP contribution >= 0.6 is 11.8 Å². The molecule has 1 aliphatic rings. The van der Waals surface area contributed by atoms with E-state index in [1.807, 2.05) is 52.8 Å². The van der Waals surface area contributed by atoms with Gasteiger partial charge in [-0.15, -0.1) is 10.2 Å². The van der Waals surface area contributed by atoms with E-state index < -0.39 is 0 Å². The van der Waals surface area contributed by atoms with E-state index >= 15 is 0 Å². The molecule has 0 N–H and O–H groups in total. The summed E-state index contributed by atoms with van der Waals surface area (Å²) in [6.45, 7) is 6.51. The van der Waals surface area contributed by atoms with Crippen molar-refractivity contribution in [1.82, 2.24) is 24.6 Å². The Balaban J connectivity index is 1.58. The molecule has 8 heteroatoms. The molecule has 1 saturated heterocycles. The Morgan fingerprint density at radius 1 is 1.10 bits per heavy atom. The number of likely N-dealkylation sites (tertiary alicyclic amines) is 1. The molecule has 1 aromatic carbocycles. The number of hydrogen-bond donors (Lipinski definition) is 0. The zero-order valence-corrected chi connectivity index (χ0v) is 18.7. The van der Waals surface area contributed by atoms with E-state index in [2.05, 4.69) is 22.1 Å². The summed E-state index contributed by atoms with van der Waals surface area (Å²) in [5.41, 5.74) is 1.83. The van der Waals surface area contributed by atoms with Gasteiger partial charge in [0.25, 0.3) is 0 Å². The number of carbonyl (C=O) groups excluding carboxylic acids is 1. The highest BCUT2D eigenvalue weighted by molar-refractivity contribution is 7.99. The van der Waals surface area contributed by atoms with Gasteiger partial charge in [-0.2, -0.15) is 0 Å². The average Bonchev–Trinajstić information content (AvgIpc) is 3.23. The third-order valence-corrected chi connectivity index (χ3v) is 6.35. The number of ether oxygens (including phenoxy) is 1. The van der Waals surface area contributed by atoms with E-state index in [0.717, 1.165) is 42.9 Å². The maximum absolute atomic E-state index is 12.7. The lowest BCUT2D eigenvalue weighted by Gasteiger charge is -2.30. The van der Waals surface area contributed by atoms with Gasteiger partial charge >= 0.3 is 0 Å². The summed E-state index contributed by atoms with van der Waals surface area (Å²) < 4.78 is 7.56. The molecule has 4 rings (SSSR count). The number of rotatable bonds is 7. The van der Waals surface area contributed by atoms with Crippen LogP contribution in [-0.2, 0) is 4.79 Å². The minimum Gasteiger partial charge on any atom is -0.494 e. The van der Waals surface area contributed by atoms with Crippen molar-refractivity contribution < 1.29 is 9.53 Å². The van der Waals surface area contributed by atoms with Crippen LogP contribution in [0.1, 0.15) is 26.7 Å². The number of amides is 1. The van der Waals surface area contributed by atoms with Gasteiger partial charge in [-0.1, -0.05) is 18.7 Å². The predicted octanol–water partition coefficient (Wildman–Crippen LogP) is 4.08. The minimum atomic E-state index is 0.156. The molecular formula is C23H27N5O2S. The fourth-order valence-corrected chi connectivity index (χ4v) is 4.47. The first-order valence-corrected chi connectivity index (χ1v) is 11.6. The summed E-state index contributed by atoms with van der Waals surface area (Å²) in [7, 11) is 0. The van der Waals surface area contributed by atoms with E-state index in [9.17, 15) is 4.79 Å². The van der Waals surface area contributed by atoms with Gasteiger partial charge in [0.15, 0.2) is 11.0 Å². The van der Waals surface area contributed by atoms with Crippen LogP contribution in [0.5, 0.6) is 5.75 Å². The van der Waals surface area contributed by atoms with Gasteiger partial charge < -0.3 is 9.64 Å². The van der Waals surface area contributed by atoms with Crippen LogP contribution in [-0.4, -0.2) is 56.0 Å². The molecular weight excluding hydrogens is 410 g/mol. The second-order valence-corrected chi connectivity index (χ2v) is 8.60. The van der Waals surface area contributed by atoms with E-state index in [1.165, 1.54) is 11.8 Å². The highest BCUT2D eigenvalue weighted by atomic mass is 32.2. The molecule has 0 spiro atoms. The molecule has 3 aromatic rings. The normalized spacial score (nSPS) is 14.6. The molecule has 0 atom stereocenters.